The molecule has 0 amide bonds. The van der Waals surface area contributed by atoms with Crippen molar-refractivity contribution in [1.29, 1.82) is 0 Å². The summed E-state index contributed by atoms with van der Waals surface area (Å²) in [5.74, 6) is 1.84. The molecule has 2 rings (SSSR count). The van der Waals surface area contributed by atoms with Gasteiger partial charge in [-0.15, -0.1) is 0 Å². The maximum Gasteiger partial charge on any atom is 0.152 e. The number of rotatable bonds is 4. The highest BCUT2D eigenvalue weighted by molar-refractivity contribution is 9.10. The van der Waals surface area contributed by atoms with Crippen molar-refractivity contribution in [3.8, 4) is 5.75 Å². The van der Waals surface area contributed by atoms with Gasteiger partial charge in [0.25, 0.3) is 0 Å². The molecule has 1 heterocycles. The summed E-state index contributed by atoms with van der Waals surface area (Å²) in [6.07, 6.45) is 0. The number of anilines is 3. The number of nitrogens with two attached hydrogens (primary N) is 1. The van der Waals surface area contributed by atoms with Crippen molar-refractivity contribution in [2.75, 3.05) is 18.2 Å². The Morgan fingerprint density at radius 2 is 2.10 bits per heavy atom. The lowest BCUT2D eigenvalue weighted by molar-refractivity contribution is 0.412. The van der Waals surface area contributed by atoms with E-state index in [4.69, 9.17) is 10.5 Å². The van der Waals surface area contributed by atoms with Crippen LogP contribution in [0.4, 0.5) is 17.2 Å². The van der Waals surface area contributed by atoms with Crippen LogP contribution in [0, 0.1) is 0 Å². The number of nitrogens with zero attached hydrogens (tertiary/aromatic N) is 2. The van der Waals surface area contributed by atoms with Gasteiger partial charge in [-0.05, 0) is 34.0 Å². The summed E-state index contributed by atoms with van der Waals surface area (Å²) in [7, 11) is 3.51. The molecule has 20 heavy (non-hydrogen) atoms. The SMILES string of the molecule is COc1cc(Nc2c(N)c(C(C)C)nn2C)ccc1Br. The van der Waals surface area contributed by atoms with E-state index in [9.17, 15) is 0 Å². The third kappa shape index (κ3) is 2.75. The second-order valence-electron chi connectivity index (χ2n) is 4.90. The number of nitrogens with one attached hydrogen (secondary N) is 1. The normalized spacial score (nSPS) is 10.9. The predicted molar refractivity (Wildman–Crippen MR) is 85.7 cm³/mol. The third-order valence-electron chi connectivity index (χ3n) is 3.07. The molecule has 0 aliphatic heterocycles. The van der Waals surface area contributed by atoms with Crippen LogP contribution >= 0.6 is 15.9 Å². The Balaban J connectivity index is 2.35. The van der Waals surface area contributed by atoms with E-state index in [-0.39, 0.29) is 5.92 Å². The lowest BCUT2D eigenvalue weighted by atomic mass is 10.1. The van der Waals surface area contributed by atoms with E-state index in [0.29, 0.717) is 5.69 Å². The first-order valence-corrected chi connectivity index (χ1v) is 7.16. The van der Waals surface area contributed by atoms with Gasteiger partial charge >= 0.3 is 0 Å². The topological polar surface area (TPSA) is 65.1 Å². The van der Waals surface area contributed by atoms with Gasteiger partial charge in [0.05, 0.1) is 23.0 Å². The highest BCUT2D eigenvalue weighted by atomic mass is 79.9. The average Bonchev–Trinajstić information content (AvgIpc) is 2.69. The summed E-state index contributed by atoms with van der Waals surface area (Å²) in [5.41, 5.74) is 8.65. The minimum absolute atomic E-state index is 0.288. The molecule has 0 atom stereocenters. The fourth-order valence-corrected chi connectivity index (χ4v) is 2.42. The fraction of sp³-hybridized carbons (Fsp3) is 0.357. The molecule has 3 N–H and O–H groups in total. The molecule has 108 valence electrons. The van der Waals surface area contributed by atoms with Crippen molar-refractivity contribution < 1.29 is 4.74 Å². The van der Waals surface area contributed by atoms with E-state index in [0.717, 1.165) is 27.4 Å². The molecular weight excluding hydrogens is 320 g/mol. The molecule has 0 unspecified atom stereocenters. The summed E-state index contributed by atoms with van der Waals surface area (Å²) >= 11 is 3.43. The van der Waals surface area contributed by atoms with E-state index >= 15 is 0 Å². The van der Waals surface area contributed by atoms with Crippen LogP contribution in [0.3, 0.4) is 0 Å². The number of aryl methyl sites for hydroxylation is 1. The number of hydrogen-bond donors (Lipinski definition) is 2. The first-order chi connectivity index (χ1) is 9.43. The van der Waals surface area contributed by atoms with E-state index in [2.05, 4.69) is 40.2 Å². The van der Waals surface area contributed by atoms with Crippen LogP contribution in [0.1, 0.15) is 25.5 Å². The predicted octanol–water partition coefficient (Wildman–Crippen LogP) is 3.64. The third-order valence-corrected chi connectivity index (χ3v) is 3.73. The fourth-order valence-electron chi connectivity index (χ4n) is 2.01. The maximum absolute atomic E-state index is 6.17. The Morgan fingerprint density at radius 1 is 1.40 bits per heavy atom. The molecule has 0 radical (unpaired) electrons. The quantitative estimate of drug-likeness (QED) is 0.893. The number of halogens is 1. The Morgan fingerprint density at radius 3 is 2.65 bits per heavy atom. The van der Waals surface area contributed by atoms with Gasteiger partial charge < -0.3 is 15.8 Å². The Bertz CT molecular complexity index is 622. The standard InChI is InChI=1S/C14H19BrN4O/c1-8(2)13-12(16)14(19(3)18-13)17-9-5-6-10(15)11(7-9)20-4/h5-8,17H,16H2,1-4H3. The number of methoxy groups -OCH3 is 1. The molecule has 0 saturated carbocycles. The zero-order valence-corrected chi connectivity index (χ0v) is 13.7. The molecule has 0 bridgehead atoms. The van der Waals surface area contributed by atoms with Crippen LogP contribution in [-0.4, -0.2) is 16.9 Å². The van der Waals surface area contributed by atoms with Crippen LogP contribution < -0.4 is 15.8 Å². The number of nitrogen functional groups attached to an aromatic ring is 1. The summed E-state index contributed by atoms with van der Waals surface area (Å²) < 4.78 is 7.96. The molecule has 1 aromatic carbocycles. The first-order valence-electron chi connectivity index (χ1n) is 6.37. The van der Waals surface area contributed by atoms with Crippen LogP contribution in [0.25, 0.3) is 0 Å². The van der Waals surface area contributed by atoms with Crippen molar-refractivity contribution in [3.05, 3.63) is 28.4 Å². The van der Waals surface area contributed by atoms with Gasteiger partial charge in [-0.2, -0.15) is 5.10 Å². The summed E-state index contributed by atoms with van der Waals surface area (Å²) in [6.45, 7) is 4.15. The molecule has 1 aromatic heterocycles. The van der Waals surface area contributed by atoms with Crippen molar-refractivity contribution in [1.82, 2.24) is 9.78 Å². The number of hydrogen-bond acceptors (Lipinski definition) is 4. The van der Waals surface area contributed by atoms with Gasteiger partial charge in [0.1, 0.15) is 5.75 Å². The van der Waals surface area contributed by atoms with Gasteiger partial charge in [0.15, 0.2) is 5.82 Å². The molecule has 5 nitrogen and oxygen atoms in total. The van der Waals surface area contributed by atoms with Crippen LogP contribution in [0.2, 0.25) is 0 Å². The van der Waals surface area contributed by atoms with E-state index in [1.54, 1.807) is 11.8 Å². The highest BCUT2D eigenvalue weighted by Crippen LogP contribution is 2.33. The molecule has 0 aliphatic carbocycles. The molecule has 0 fully saturated rings. The summed E-state index contributed by atoms with van der Waals surface area (Å²) in [6, 6.07) is 5.79. The van der Waals surface area contributed by atoms with Gasteiger partial charge in [-0.3, -0.25) is 4.68 Å². The monoisotopic (exact) mass is 338 g/mol. The second-order valence-corrected chi connectivity index (χ2v) is 5.75. The number of benzene rings is 1. The lowest BCUT2D eigenvalue weighted by Crippen LogP contribution is -2.01. The van der Waals surface area contributed by atoms with Crippen LogP contribution in [0.15, 0.2) is 22.7 Å². The van der Waals surface area contributed by atoms with Crippen molar-refractivity contribution in [2.45, 2.75) is 19.8 Å². The molecular formula is C14H19BrN4O. The largest absolute Gasteiger partial charge is 0.495 e. The minimum atomic E-state index is 0.288. The van der Waals surface area contributed by atoms with Gasteiger partial charge in [0.2, 0.25) is 0 Å². The number of aromatic nitrogens is 2. The van der Waals surface area contributed by atoms with Crippen molar-refractivity contribution in [3.63, 3.8) is 0 Å². The maximum atomic E-state index is 6.17. The smallest absolute Gasteiger partial charge is 0.152 e. The molecule has 0 aliphatic rings. The zero-order valence-electron chi connectivity index (χ0n) is 12.1. The molecule has 6 heteroatoms. The van der Waals surface area contributed by atoms with E-state index < -0.39 is 0 Å². The highest BCUT2D eigenvalue weighted by Gasteiger charge is 2.16. The Kier molecular flexibility index (Phi) is 4.23. The second kappa shape index (κ2) is 5.75. The average molecular weight is 339 g/mol. The van der Waals surface area contributed by atoms with E-state index in [1.165, 1.54) is 0 Å². The van der Waals surface area contributed by atoms with Gasteiger partial charge in [-0.1, -0.05) is 13.8 Å². The summed E-state index contributed by atoms with van der Waals surface area (Å²) in [5, 5.41) is 7.75. The number of ether oxygens (including phenoxy) is 1. The van der Waals surface area contributed by atoms with Crippen LogP contribution in [-0.2, 0) is 7.05 Å². The van der Waals surface area contributed by atoms with Crippen molar-refractivity contribution >= 4 is 33.1 Å². The first kappa shape index (κ1) is 14.7. The van der Waals surface area contributed by atoms with Gasteiger partial charge in [0, 0.05) is 18.8 Å². The van der Waals surface area contributed by atoms with Crippen molar-refractivity contribution in [2.24, 2.45) is 7.05 Å². The molecule has 2 aromatic rings. The Labute approximate surface area is 127 Å². The summed E-state index contributed by atoms with van der Waals surface area (Å²) in [4.78, 5) is 0. The van der Waals surface area contributed by atoms with Crippen LogP contribution in [0.5, 0.6) is 5.75 Å². The Hall–Kier alpha value is -1.69. The van der Waals surface area contributed by atoms with E-state index in [1.807, 2.05) is 25.2 Å². The lowest BCUT2D eigenvalue weighted by Gasteiger charge is -2.10. The molecule has 0 spiro atoms. The minimum Gasteiger partial charge on any atom is -0.495 e. The van der Waals surface area contributed by atoms with Gasteiger partial charge in [-0.25, -0.2) is 0 Å². The zero-order chi connectivity index (χ0) is 14.9. The molecule has 0 saturated heterocycles.